The summed E-state index contributed by atoms with van der Waals surface area (Å²) in [6, 6.07) is 5.18. The third-order valence-corrected chi connectivity index (χ3v) is 4.17. The molecule has 1 aliphatic carbocycles. The molecule has 5 heteroatoms. The van der Waals surface area contributed by atoms with Crippen LogP contribution in [0.25, 0.3) is 0 Å². The molecule has 0 saturated heterocycles. The minimum atomic E-state index is -0.122. The molecular weight excluding hydrogens is 278 g/mol. The number of nitrogens with one attached hydrogen (secondary N) is 1. The molecule has 1 aliphatic rings. The van der Waals surface area contributed by atoms with Gasteiger partial charge in [-0.25, -0.2) is 0 Å². The number of hydrogen-bond acceptors (Lipinski definition) is 3. The lowest BCUT2D eigenvalue weighted by molar-refractivity contribution is 0.0928. The molecule has 110 valence electrons. The monoisotopic (exact) mass is 297 g/mol. The number of amides is 1. The molecule has 20 heavy (non-hydrogen) atoms. The fourth-order valence-corrected chi connectivity index (χ4v) is 2.82. The molecule has 1 aromatic rings. The van der Waals surface area contributed by atoms with Crippen LogP contribution in [0.1, 0.15) is 36.0 Å². The maximum atomic E-state index is 12.3. The molecule has 1 N–H and O–H groups in total. The van der Waals surface area contributed by atoms with Crippen LogP contribution in [0.4, 0.5) is 0 Å². The van der Waals surface area contributed by atoms with E-state index in [0.29, 0.717) is 17.1 Å². The van der Waals surface area contributed by atoms with Gasteiger partial charge in [-0.1, -0.05) is 12.8 Å². The number of halogens is 1. The quantitative estimate of drug-likeness (QED) is 0.869. The fourth-order valence-electron chi connectivity index (χ4n) is 2.48. The Morgan fingerprint density at radius 3 is 2.55 bits per heavy atom. The summed E-state index contributed by atoms with van der Waals surface area (Å²) in [6.07, 6.45) is 4.14. The number of carbonyl (C=O) groups excluding carboxylic acids is 1. The molecule has 1 amide bonds. The molecule has 0 heterocycles. The van der Waals surface area contributed by atoms with Gasteiger partial charge in [0.2, 0.25) is 0 Å². The highest BCUT2D eigenvalue weighted by molar-refractivity contribution is 6.21. The van der Waals surface area contributed by atoms with Crippen molar-refractivity contribution in [1.82, 2.24) is 5.32 Å². The lowest BCUT2D eigenvalue weighted by Crippen LogP contribution is -2.42. The van der Waals surface area contributed by atoms with E-state index in [4.69, 9.17) is 21.1 Å². The SMILES string of the molecule is COc1ccc(C(=O)NC2CCCCC2Cl)cc1OC. The van der Waals surface area contributed by atoms with Gasteiger partial charge in [0, 0.05) is 11.6 Å². The van der Waals surface area contributed by atoms with E-state index in [-0.39, 0.29) is 17.3 Å². The van der Waals surface area contributed by atoms with Crippen LogP contribution in [0, 0.1) is 0 Å². The van der Waals surface area contributed by atoms with Crippen molar-refractivity contribution in [3.8, 4) is 11.5 Å². The summed E-state index contributed by atoms with van der Waals surface area (Å²) in [4.78, 5) is 12.3. The minimum absolute atomic E-state index is 0.0212. The summed E-state index contributed by atoms with van der Waals surface area (Å²) in [5, 5.41) is 3.03. The van der Waals surface area contributed by atoms with Crippen LogP contribution in [0.3, 0.4) is 0 Å². The molecule has 2 rings (SSSR count). The van der Waals surface area contributed by atoms with Crippen molar-refractivity contribution in [3.63, 3.8) is 0 Å². The van der Waals surface area contributed by atoms with Crippen molar-refractivity contribution < 1.29 is 14.3 Å². The first-order chi connectivity index (χ1) is 9.65. The molecule has 0 spiro atoms. The van der Waals surface area contributed by atoms with E-state index in [1.54, 1.807) is 32.4 Å². The largest absolute Gasteiger partial charge is 0.493 e. The number of methoxy groups -OCH3 is 2. The molecule has 0 aromatic heterocycles. The first-order valence-electron chi connectivity index (χ1n) is 6.82. The van der Waals surface area contributed by atoms with Crippen LogP contribution in [-0.2, 0) is 0 Å². The lowest BCUT2D eigenvalue weighted by Gasteiger charge is -2.27. The van der Waals surface area contributed by atoms with Crippen molar-refractivity contribution in [2.45, 2.75) is 37.1 Å². The van der Waals surface area contributed by atoms with Crippen LogP contribution in [-0.4, -0.2) is 31.5 Å². The van der Waals surface area contributed by atoms with Gasteiger partial charge in [0.15, 0.2) is 11.5 Å². The molecule has 1 saturated carbocycles. The normalized spacial score (nSPS) is 22.1. The van der Waals surface area contributed by atoms with Crippen LogP contribution in [0.2, 0.25) is 0 Å². The second-order valence-corrected chi connectivity index (χ2v) is 5.51. The Morgan fingerprint density at radius 1 is 1.20 bits per heavy atom. The third kappa shape index (κ3) is 3.37. The van der Waals surface area contributed by atoms with E-state index in [2.05, 4.69) is 5.32 Å². The summed E-state index contributed by atoms with van der Waals surface area (Å²) in [7, 11) is 3.12. The van der Waals surface area contributed by atoms with Crippen LogP contribution in [0.5, 0.6) is 11.5 Å². The molecule has 0 bridgehead atoms. The number of rotatable bonds is 4. The predicted molar refractivity (Wildman–Crippen MR) is 78.9 cm³/mol. The summed E-state index contributed by atoms with van der Waals surface area (Å²) < 4.78 is 10.4. The van der Waals surface area contributed by atoms with E-state index >= 15 is 0 Å². The van der Waals surface area contributed by atoms with E-state index < -0.39 is 0 Å². The highest BCUT2D eigenvalue weighted by Gasteiger charge is 2.25. The van der Waals surface area contributed by atoms with Crippen molar-refractivity contribution >= 4 is 17.5 Å². The van der Waals surface area contributed by atoms with Gasteiger partial charge in [-0.3, -0.25) is 4.79 Å². The molecule has 1 fully saturated rings. The minimum Gasteiger partial charge on any atom is -0.493 e. The molecule has 0 radical (unpaired) electrons. The second-order valence-electron chi connectivity index (χ2n) is 4.95. The Labute approximate surface area is 124 Å². The molecule has 2 unspecified atom stereocenters. The Morgan fingerprint density at radius 2 is 1.90 bits per heavy atom. The predicted octanol–water partition coefficient (Wildman–Crippen LogP) is 2.98. The maximum absolute atomic E-state index is 12.3. The van der Waals surface area contributed by atoms with Gasteiger partial charge < -0.3 is 14.8 Å². The Bertz CT molecular complexity index is 478. The highest BCUT2D eigenvalue weighted by atomic mass is 35.5. The van der Waals surface area contributed by atoms with Crippen LogP contribution in [0.15, 0.2) is 18.2 Å². The molecule has 1 aromatic carbocycles. The molecule has 2 atom stereocenters. The highest BCUT2D eigenvalue weighted by Crippen LogP contribution is 2.28. The topological polar surface area (TPSA) is 47.6 Å². The molecule has 0 aliphatic heterocycles. The van der Waals surface area contributed by atoms with Gasteiger partial charge >= 0.3 is 0 Å². The number of benzene rings is 1. The number of alkyl halides is 1. The molecule has 4 nitrogen and oxygen atoms in total. The van der Waals surface area contributed by atoms with Gasteiger partial charge in [0.25, 0.3) is 5.91 Å². The average Bonchev–Trinajstić information content (AvgIpc) is 2.48. The van der Waals surface area contributed by atoms with Gasteiger partial charge in [0.05, 0.1) is 19.6 Å². The number of carbonyl (C=O) groups is 1. The van der Waals surface area contributed by atoms with Crippen LogP contribution >= 0.6 is 11.6 Å². The second kappa shape index (κ2) is 6.84. The lowest BCUT2D eigenvalue weighted by atomic mass is 9.94. The van der Waals surface area contributed by atoms with E-state index in [9.17, 15) is 4.79 Å². The Kier molecular flexibility index (Phi) is 5.12. The summed E-state index contributed by atoms with van der Waals surface area (Å²) >= 11 is 6.26. The fraction of sp³-hybridized carbons (Fsp3) is 0.533. The van der Waals surface area contributed by atoms with Gasteiger partial charge in [-0.15, -0.1) is 11.6 Å². The first-order valence-corrected chi connectivity index (χ1v) is 7.26. The Hall–Kier alpha value is -1.42. The van der Waals surface area contributed by atoms with Crippen molar-refractivity contribution in [1.29, 1.82) is 0 Å². The zero-order chi connectivity index (χ0) is 14.5. The van der Waals surface area contributed by atoms with Crippen molar-refractivity contribution in [2.75, 3.05) is 14.2 Å². The van der Waals surface area contributed by atoms with E-state index in [0.717, 1.165) is 25.7 Å². The van der Waals surface area contributed by atoms with E-state index in [1.165, 1.54) is 0 Å². The summed E-state index contributed by atoms with van der Waals surface area (Å²) in [6.45, 7) is 0. The summed E-state index contributed by atoms with van der Waals surface area (Å²) in [5.74, 6) is 1.03. The first kappa shape index (κ1) is 15.0. The van der Waals surface area contributed by atoms with Crippen LogP contribution < -0.4 is 14.8 Å². The van der Waals surface area contributed by atoms with E-state index in [1.807, 2.05) is 0 Å². The zero-order valence-electron chi connectivity index (χ0n) is 11.8. The Balaban J connectivity index is 2.08. The van der Waals surface area contributed by atoms with Gasteiger partial charge in [-0.2, -0.15) is 0 Å². The molecular formula is C15H20ClNO3. The third-order valence-electron chi connectivity index (χ3n) is 3.64. The summed E-state index contributed by atoms with van der Waals surface area (Å²) in [5.41, 5.74) is 0.553. The van der Waals surface area contributed by atoms with Gasteiger partial charge in [0.1, 0.15) is 0 Å². The maximum Gasteiger partial charge on any atom is 0.251 e. The zero-order valence-corrected chi connectivity index (χ0v) is 12.6. The number of hydrogen-bond donors (Lipinski definition) is 1. The number of ether oxygens (including phenoxy) is 2. The average molecular weight is 298 g/mol. The van der Waals surface area contributed by atoms with Crippen molar-refractivity contribution in [2.24, 2.45) is 0 Å². The smallest absolute Gasteiger partial charge is 0.251 e. The van der Waals surface area contributed by atoms with Crippen molar-refractivity contribution in [3.05, 3.63) is 23.8 Å². The van der Waals surface area contributed by atoms with Gasteiger partial charge in [-0.05, 0) is 31.0 Å². The standard InChI is InChI=1S/C15H20ClNO3/c1-19-13-8-7-10(9-14(13)20-2)15(18)17-12-6-4-3-5-11(12)16/h7-9,11-12H,3-6H2,1-2H3,(H,17,18).